The van der Waals surface area contributed by atoms with E-state index in [1.165, 1.54) is 20.8 Å². The molecule has 0 spiro atoms. The third-order valence-electron chi connectivity index (χ3n) is 5.80. The lowest BCUT2D eigenvalue weighted by atomic mass is 10.1. The van der Waals surface area contributed by atoms with Gasteiger partial charge in [0.1, 0.15) is 10.7 Å². The van der Waals surface area contributed by atoms with Crippen molar-refractivity contribution in [3.8, 4) is 0 Å². The van der Waals surface area contributed by atoms with E-state index in [4.69, 9.17) is 4.42 Å². The molecule has 0 aromatic carbocycles. The van der Waals surface area contributed by atoms with Gasteiger partial charge in [-0.1, -0.05) is 0 Å². The van der Waals surface area contributed by atoms with Gasteiger partial charge in [-0.05, 0) is 50.1 Å². The number of carbonyl (C=O) groups excluding carboxylic acids is 1. The van der Waals surface area contributed by atoms with E-state index in [1.54, 1.807) is 6.92 Å². The lowest BCUT2D eigenvalue weighted by molar-refractivity contribution is 0.0904. The molecule has 4 rings (SSSR count). The first-order valence-electron chi connectivity index (χ1n) is 10.0. The molecular weight excluding hydrogens is 410 g/mol. The molecule has 0 unspecified atom stereocenters. The predicted molar refractivity (Wildman–Crippen MR) is 112 cm³/mol. The van der Waals surface area contributed by atoms with Gasteiger partial charge in [0.2, 0.25) is 10.0 Å². The Morgan fingerprint density at radius 3 is 2.83 bits per heavy atom. The Balaban J connectivity index is 1.38. The van der Waals surface area contributed by atoms with Crippen molar-refractivity contribution in [1.29, 1.82) is 0 Å². The molecule has 1 saturated heterocycles. The summed E-state index contributed by atoms with van der Waals surface area (Å²) in [4.78, 5) is 16.5. The zero-order valence-electron chi connectivity index (χ0n) is 16.8. The van der Waals surface area contributed by atoms with Crippen LogP contribution >= 0.6 is 11.3 Å². The second-order valence-corrected chi connectivity index (χ2v) is 10.7. The van der Waals surface area contributed by atoms with Crippen LogP contribution in [0, 0.1) is 6.92 Å². The fourth-order valence-electron chi connectivity index (χ4n) is 4.00. The van der Waals surface area contributed by atoms with E-state index in [1.807, 2.05) is 11.3 Å². The number of furan rings is 1. The van der Waals surface area contributed by atoms with E-state index < -0.39 is 10.0 Å². The van der Waals surface area contributed by atoms with Crippen molar-refractivity contribution in [2.75, 3.05) is 26.2 Å². The van der Waals surface area contributed by atoms with E-state index in [0.717, 1.165) is 32.4 Å². The van der Waals surface area contributed by atoms with Crippen molar-refractivity contribution in [3.63, 3.8) is 0 Å². The highest BCUT2D eigenvalue weighted by Crippen LogP contribution is 2.27. The molecule has 2 aliphatic rings. The van der Waals surface area contributed by atoms with Crippen LogP contribution in [0.4, 0.5) is 0 Å². The zero-order valence-corrected chi connectivity index (χ0v) is 18.4. The highest BCUT2D eigenvalue weighted by atomic mass is 32.2. The monoisotopic (exact) mass is 437 g/mol. The van der Waals surface area contributed by atoms with Crippen LogP contribution in [-0.4, -0.2) is 55.8 Å². The fourth-order valence-corrected chi connectivity index (χ4v) is 6.57. The Hall–Kier alpha value is -1.68. The van der Waals surface area contributed by atoms with Gasteiger partial charge in [-0.3, -0.25) is 9.69 Å². The van der Waals surface area contributed by atoms with Crippen molar-refractivity contribution in [1.82, 2.24) is 14.5 Å². The number of amides is 1. The molecule has 9 heteroatoms. The first-order valence-corrected chi connectivity index (χ1v) is 12.4. The topological polar surface area (TPSA) is 82.9 Å². The summed E-state index contributed by atoms with van der Waals surface area (Å²) in [5.74, 6) is -0.0709. The molecule has 0 saturated carbocycles. The van der Waals surface area contributed by atoms with Gasteiger partial charge in [0.05, 0.1) is 0 Å². The summed E-state index contributed by atoms with van der Waals surface area (Å²) in [6, 6.07) is 3.71. The van der Waals surface area contributed by atoms with E-state index in [0.29, 0.717) is 19.6 Å². The average molecular weight is 438 g/mol. The predicted octanol–water partition coefficient (Wildman–Crippen LogP) is 2.61. The van der Waals surface area contributed by atoms with E-state index in [-0.39, 0.29) is 28.4 Å². The number of fused-ring (bicyclic) bond motifs is 1. The number of nitrogens with zero attached hydrogens (tertiary/aromatic N) is 2. The van der Waals surface area contributed by atoms with Crippen LogP contribution in [0.1, 0.15) is 46.5 Å². The second kappa shape index (κ2) is 8.22. The van der Waals surface area contributed by atoms with Crippen LogP contribution in [-0.2, 0) is 23.0 Å². The van der Waals surface area contributed by atoms with Gasteiger partial charge >= 0.3 is 0 Å². The normalized spacial score (nSPS) is 19.2. The van der Waals surface area contributed by atoms with Crippen LogP contribution in [0.2, 0.25) is 0 Å². The Morgan fingerprint density at radius 2 is 2.07 bits per heavy atom. The molecule has 0 radical (unpaired) electrons. The van der Waals surface area contributed by atoms with Crippen molar-refractivity contribution in [3.05, 3.63) is 39.5 Å². The molecule has 2 aromatic heterocycles. The third-order valence-corrected chi connectivity index (χ3v) is 8.83. The number of aryl methyl sites for hydroxylation is 1. The molecule has 0 aliphatic carbocycles. The number of hydrogen-bond acceptors (Lipinski definition) is 6. The summed E-state index contributed by atoms with van der Waals surface area (Å²) in [5.41, 5.74) is 1.37. The van der Waals surface area contributed by atoms with Crippen LogP contribution in [0.3, 0.4) is 0 Å². The van der Waals surface area contributed by atoms with Gasteiger partial charge in [-0.25, -0.2) is 8.42 Å². The van der Waals surface area contributed by atoms with Gasteiger partial charge in [-0.15, -0.1) is 11.3 Å². The smallest absolute Gasteiger partial charge is 0.287 e. The highest BCUT2D eigenvalue weighted by molar-refractivity contribution is 7.89. The third kappa shape index (κ3) is 4.14. The van der Waals surface area contributed by atoms with Crippen LogP contribution in [0.25, 0.3) is 0 Å². The maximum absolute atomic E-state index is 12.8. The molecule has 2 aromatic rings. The molecule has 1 fully saturated rings. The molecule has 7 nitrogen and oxygen atoms in total. The van der Waals surface area contributed by atoms with Gasteiger partial charge < -0.3 is 9.73 Å². The SMILES string of the molecule is Cc1oc(C(=O)NC[C@H](C)N2CCc3sccc3C2)cc1S(=O)(=O)N1CCCC1. The van der Waals surface area contributed by atoms with Crippen LogP contribution < -0.4 is 5.32 Å². The Labute approximate surface area is 175 Å². The fraction of sp³-hybridized carbons (Fsp3) is 0.550. The van der Waals surface area contributed by atoms with Crippen molar-refractivity contribution >= 4 is 27.3 Å². The highest BCUT2D eigenvalue weighted by Gasteiger charge is 2.32. The number of nitrogens with one attached hydrogen (secondary N) is 1. The Morgan fingerprint density at radius 1 is 1.31 bits per heavy atom. The molecule has 0 bridgehead atoms. The largest absolute Gasteiger partial charge is 0.455 e. The first kappa shape index (κ1) is 20.6. The van der Waals surface area contributed by atoms with Gasteiger partial charge in [-0.2, -0.15) is 4.31 Å². The maximum atomic E-state index is 12.8. The zero-order chi connectivity index (χ0) is 20.6. The lowest BCUT2D eigenvalue weighted by Gasteiger charge is -2.32. The minimum Gasteiger partial charge on any atom is -0.455 e. The molecule has 158 valence electrons. The van der Waals surface area contributed by atoms with Crippen LogP contribution in [0.15, 0.2) is 26.8 Å². The molecule has 4 heterocycles. The minimum absolute atomic E-state index is 0.0474. The minimum atomic E-state index is -3.60. The number of sulfonamides is 1. The quantitative estimate of drug-likeness (QED) is 0.751. The van der Waals surface area contributed by atoms with Gasteiger partial charge in [0, 0.05) is 49.7 Å². The molecule has 1 atom stereocenters. The van der Waals surface area contributed by atoms with E-state index in [9.17, 15) is 13.2 Å². The number of thiophene rings is 1. The second-order valence-electron chi connectivity index (χ2n) is 7.79. The summed E-state index contributed by atoms with van der Waals surface area (Å²) in [6.07, 6.45) is 2.77. The van der Waals surface area contributed by atoms with E-state index in [2.05, 4.69) is 28.6 Å². The van der Waals surface area contributed by atoms with E-state index >= 15 is 0 Å². The number of hydrogen-bond donors (Lipinski definition) is 1. The van der Waals surface area contributed by atoms with Gasteiger partial charge in [0.15, 0.2) is 5.76 Å². The average Bonchev–Trinajstić information content (AvgIpc) is 3.45. The molecule has 1 N–H and O–H groups in total. The summed E-state index contributed by atoms with van der Waals surface area (Å²) in [7, 11) is -3.60. The lowest BCUT2D eigenvalue weighted by Crippen LogP contribution is -2.44. The number of carbonyl (C=O) groups is 1. The van der Waals surface area contributed by atoms with Gasteiger partial charge in [0.25, 0.3) is 5.91 Å². The van der Waals surface area contributed by atoms with Crippen molar-refractivity contribution < 1.29 is 17.6 Å². The molecule has 2 aliphatic heterocycles. The first-order chi connectivity index (χ1) is 13.9. The van der Waals surface area contributed by atoms with Crippen molar-refractivity contribution in [2.45, 2.75) is 50.6 Å². The summed E-state index contributed by atoms with van der Waals surface area (Å²) in [6.45, 7) is 7.08. The summed E-state index contributed by atoms with van der Waals surface area (Å²) >= 11 is 1.81. The van der Waals surface area contributed by atoms with Crippen molar-refractivity contribution in [2.24, 2.45) is 0 Å². The summed E-state index contributed by atoms with van der Waals surface area (Å²) < 4.78 is 32.5. The summed E-state index contributed by atoms with van der Waals surface area (Å²) in [5, 5.41) is 5.03. The Kier molecular flexibility index (Phi) is 5.83. The Bertz CT molecular complexity index is 989. The molecule has 29 heavy (non-hydrogen) atoms. The maximum Gasteiger partial charge on any atom is 0.287 e. The van der Waals surface area contributed by atoms with Crippen LogP contribution in [0.5, 0.6) is 0 Å². The standard InChI is InChI=1S/C20H27N3O4S2/c1-14(22-9-5-18-16(13-22)6-10-28-18)12-21-20(24)17-11-19(15(2)27-17)29(25,26)23-7-3-4-8-23/h6,10-11,14H,3-5,7-9,12-13H2,1-2H3,(H,21,24)/t14-/m0/s1. The number of rotatable bonds is 6. The molecular formula is C20H27N3O4S2. The molecule has 1 amide bonds.